The molecular weight excluding hydrogens is 260 g/mol. The molecule has 0 saturated carbocycles. The average molecular weight is 274 g/mol. The van der Waals surface area contributed by atoms with E-state index in [0.29, 0.717) is 18.8 Å². The summed E-state index contributed by atoms with van der Waals surface area (Å²) in [5.41, 5.74) is 0. The van der Waals surface area contributed by atoms with Gasteiger partial charge < -0.3 is 15.4 Å². The SMILES string of the molecule is Cn1cnc([N+](=O)[O-])c1NCC1CCS(=O)(=O)C1. The van der Waals surface area contributed by atoms with Gasteiger partial charge in [-0.25, -0.2) is 8.42 Å². The Morgan fingerprint density at radius 1 is 1.67 bits per heavy atom. The molecule has 0 aliphatic carbocycles. The first-order valence-corrected chi connectivity index (χ1v) is 7.31. The second-order valence-corrected chi connectivity index (χ2v) is 6.66. The smallest absolute Gasteiger partial charge is 0.364 e. The van der Waals surface area contributed by atoms with Gasteiger partial charge in [0, 0.05) is 13.6 Å². The van der Waals surface area contributed by atoms with E-state index in [1.54, 1.807) is 7.05 Å². The first-order chi connectivity index (χ1) is 8.39. The lowest BCUT2D eigenvalue weighted by Gasteiger charge is -2.10. The Hall–Kier alpha value is -1.64. The van der Waals surface area contributed by atoms with E-state index < -0.39 is 14.8 Å². The van der Waals surface area contributed by atoms with Crippen LogP contribution in [0.3, 0.4) is 0 Å². The quantitative estimate of drug-likeness (QED) is 0.619. The van der Waals surface area contributed by atoms with Crippen LogP contribution in [0.5, 0.6) is 0 Å². The van der Waals surface area contributed by atoms with E-state index in [1.165, 1.54) is 10.9 Å². The molecule has 0 radical (unpaired) electrons. The van der Waals surface area contributed by atoms with Crippen LogP contribution in [0.15, 0.2) is 6.33 Å². The number of imidazole rings is 1. The molecule has 1 aliphatic heterocycles. The minimum atomic E-state index is -2.92. The molecule has 9 heteroatoms. The van der Waals surface area contributed by atoms with Crippen molar-refractivity contribution in [3.63, 3.8) is 0 Å². The number of anilines is 1. The number of hydrogen-bond donors (Lipinski definition) is 1. The molecule has 1 aliphatic rings. The lowest BCUT2D eigenvalue weighted by atomic mass is 10.1. The average Bonchev–Trinajstić information content (AvgIpc) is 2.79. The number of nitrogens with zero attached hydrogens (tertiary/aromatic N) is 3. The zero-order valence-corrected chi connectivity index (χ0v) is 10.7. The van der Waals surface area contributed by atoms with Gasteiger partial charge >= 0.3 is 5.82 Å². The highest BCUT2D eigenvalue weighted by molar-refractivity contribution is 7.91. The van der Waals surface area contributed by atoms with Crippen molar-refractivity contribution >= 4 is 21.5 Å². The summed E-state index contributed by atoms with van der Waals surface area (Å²) >= 11 is 0. The van der Waals surface area contributed by atoms with Crippen LogP contribution in [0.25, 0.3) is 0 Å². The second kappa shape index (κ2) is 4.56. The Bertz CT molecular complexity index is 565. The Morgan fingerprint density at radius 3 is 2.94 bits per heavy atom. The summed E-state index contributed by atoms with van der Waals surface area (Å²) in [6.07, 6.45) is 1.95. The third-order valence-corrected chi connectivity index (χ3v) is 4.81. The van der Waals surface area contributed by atoms with Gasteiger partial charge in [-0.15, -0.1) is 0 Å². The van der Waals surface area contributed by atoms with E-state index >= 15 is 0 Å². The normalized spacial score (nSPS) is 21.9. The van der Waals surface area contributed by atoms with E-state index in [2.05, 4.69) is 10.3 Å². The number of nitrogens with one attached hydrogen (secondary N) is 1. The van der Waals surface area contributed by atoms with Crippen LogP contribution >= 0.6 is 0 Å². The minimum absolute atomic E-state index is 0.00417. The summed E-state index contributed by atoms with van der Waals surface area (Å²) in [5.74, 6) is 0.422. The Labute approximate surface area is 104 Å². The Morgan fingerprint density at radius 2 is 2.39 bits per heavy atom. The van der Waals surface area contributed by atoms with Crippen molar-refractivity contribution in [1.29, 1.82) is 0 Å². The topological polar surface area (TPSA) is 107 Å². The molecule has 1 saturated heterocycles. The number of nitro groups is 1. The summed E-state index contributed by atoms with van der Waals surface area (Å²) in [6, 6.07) is 0. The van der Waals surface area contributed by atoms with Gasteiger partial charge in [0.05, 0.1) is 11.5 Å². The Balaban J connectivity index is 2.03. The minimum Gasteiger partial charge on any atom is -0.364 e. The fraction of sp³-hybridized carbons (Fsp3) is 0.667. The molecule has 1 unspecified atom stereocenters. The molecule has 2 rings (SSSR count). The van der Waals surface area contributed by atoms with E-state index in [0.717, 1.165) is 0 Å². The van der Waals surface area contributed by atoms with Crippen molar-refractivity contribution in [2.75, 3.05) is 23.4 Å². The van der Waals surface area contributed by atoms with E-state index in [4.69, 9.17) is 0 Å². The first kappa shape index (κ1) is 12.8. The lowest BCUT2D eigenvalue weighted by Crippen LogP contribution is -2.17. The van der Waals surface area contributed by atoms with Crippen molar-refractivity contribution in [3.8, 4) is 0 Å². The highest BCUT2D eigenvalue weighted by atomic mass is 32.2. The van der Waals surface area contributed by atoms with Crippen LogP contribution in [0.1, 0.15) is 6.42 Å². The monoisotopic (exact) mass is 274 g/mol. The molecule has 1 fully saturated rings. The summed E-state index contributed by atoms with van der Waals surface area (Å²) in [5, 5.41) is 13.6. The zero-order chi connectivity index (χ0) is 13.3. The summed E-state index contributed by atoms with van der Waals surface area (Å²) in [6.45, 7) is 0.402. The second-order valence-electron chi connectivity index (χ2n) is 4.43. The van der Waals surface area contributed by atoms with Gasteiger partial charge in [0.15, 0.2) is 9.84 Å². The molecule has 18 heavy (non-hydrogen) atoms. The number of hydrogen-bond acceptors (Lipinski definition) is 6. The van der Waals surface area contributed by atoms with Crippen molar-refractivity contribution < 1.29 is 13.3 Å². The standard InChI is InChI=1S/C9H14N4O4S/c1-12-6-11-9(13(14)15)8(12)10-4-7-2-3-18(16,17)5-7/h6-7,10H,2-5H2,1H3. The van der Waals surface area contributed by atoms with Crippen molar-refractivity contribution in [2.45, 2.75) is 6.42 Å². The van der Waals surface area contributed by atoms with Gasteiger partial charge in [0.2, 0.25) is 12.1 Å². The lowest BCUT2D eigenvalue weighted by molar-refractivity contribution is -0.388. The molecule has 8 nitrogen and oxygen atoms in total. The van der Waals surface area contributed by atoms with E-state index in [-0.39, 0.29) is 23.2 Å². The predicted octanol–water partition coefficient (Wildman–Crippen LogP) is 0.175. The van der Waals surface area contributed by atoms with E-state index in [1.807, 2.05) is 0 Å². The number of aryl methyl sites for hydroxylation is 1. The highest BCUT2D eigenvalue weighted by Crippen LogP contribution is 2.23. The summed E-state index contributed by atoms with van der Waals surface area (Å²) < 4.78 is 24.1. The van der Waals surface area contributed by atoms with Gasteiger partial charge in [-0.05, 0) is 22.2 Å². The molecule has 1 aromatic rings. The molecule has 1 aromatic heterocycles. The fourth-order valence-electron chi connectivity index (χ4n) is 2.03. The van der Waals surface area contributed by atoms with Gasteiger partial charge in [0.25, 0.3) is 0 Å². The molecule has 0 bridgehead atoms. The maximum absolute atomic E-state index is 11.3. The van der Waals surface area contributed by atoms with Crippen LogP contribution in [-0.2, 0) is 16.9 Å². The molecule has 1 atom stereocenters. The Kier molecular flexibility index (Phi) is 3.24. The molecule has 2 heterocycles. The van der Waals surface area contributed by atoms with Crippen LogP contribution in [0.2, 0.25) is 0 Å². The van der Waals surface area contributed by atoms with Crippen LogP contribution in [0, 0.1) is 16.0 Å². The largest absolute Gasteiger partial charge is 0.406 e. The van der Waals surface area contributed by atoms with Crippen LogP contribution in [0.4, 0.5) is 11.6 Å². The van der Waals surface area contributed by atoms with Crippen molar-refractivity contribution in [1.82, 2.24) is 9.55 Å². The third kappa shape index (κ3) is 2.61. The predicted molar refractivity (Wildman–Crippen MR) is 65.1 cm³/mol. The van der Waals surface area contributed by atoms with Crippen LogP contribution in [-0.4, -0.2) is 40.9 Å². The molecule has 100 valence electrons. The molecule has 0 amide bonds. The summed E-state index contributed by atoms with van der Waals surface area (Å²) in [7, 11) is -1.27. The highest BCUT2D eigenvalue weighted by Gasteiger charge is 2.29. The first-order valence-electron chi connectivity index (χ1n) is 5.49. The molecular formula is C9H14N4O4S. The van der Waals surface area contributed by atoms with Gasteiger partial charge in [-0.2, -0.15) is 0 Å². The number of sulfone groups is 1. The summed E-state index contributed by atoms with van der Waals surface area (Å²) in [4.78, 5) is 13.8. The molecule has 0 spiro atoms. The van der Waals surface area contributed by atoms with Crippen molar-refractivity contribution in [3.05, 3.63) is 16.4 Å². The zero-order valence-electron chi connectivity index (χ0n) is 9.87. The molecule has 1 N–H and O–H groups in total. The van der Waals surface area contributed by atoms with Crippen LogP contribution < -0.4 is 5.32 Å². The maximum Gasteiger partial charge on any atom is 0.406 e. The number of aromatic nitrogens is 2. The van der Waals surface area contributed by atoms with E-state index in [9.17, 15) is 18.5 Å². The third-order valence-electron chi connectivity index (χ3n) is 2.98. The van der Waals surface area contributed by atoms with Gasteiger partial charge in [-0.1, -0.05) is 0 Å². The number of rotatable bonds is 4. The maximum atomic E-state index is 11.3. The fourth-order valence-corrected chi connectivity index (χ4v) is 3.89. The van der Waals surface area contributed by atoms with Gasteiger partial charge in [-0.3, -0.25) is 4.57 Å². The van der Waals surface area contributed by atoms with Crippen molar-refractivity contribution in [2.24, 2.45) is 13.0 Å². The molecule has 0 aromatic carbocycles. The van der Waals surface area contributed by atoms with Gasteiger partial charge in [0.1, 0.15) is 0 Å².